The van der Waals surface area contributed by atoms with E-state index in [0.29, 0.717) is 18.9 Å². The Bertz CT molecular complexity index is 540. The van der Waals surface area contributed by atoms with Crippen LogP contribution in [0.3, 0.4) is 0 Å². The summed E-state index contributed by atoms with van der Waals surface area (Å²) >= 11 is 0. The summed E-state index contributed by atoms with van der Waals surface area (Å²) in [7, 11) is 3.90. The minimum atomic E-state index is -0.882. The van der Waals surface area contributed by atoms with Gasteiger partial charge < -0.3 is 29.4 Å². The third-order valence-electron chi connectivity index (χ3n) is 3.11. The number of hydrogen-bond acceptors (Lipinski definition) is 7. The van der Waals surface area contributed by atoms with Crippen LogP contribution < -0.4 is 5.32 Å². The molecule has 1 unspecified atom stereocenters. The van der Waals surface area contributed by atoms with Gasteiger partial charge in [0.25, 0.3) is 0 Å². The van der Waals surface area contributed by atoms with Crippen molar-refractivity contribution in [3.8, 4) is 0 Å². The third-order valence-corrected chi connectivity index (χ3v) is 3.11. The lowest BCUT2D eigenvalue weighted by Gasteiger charge is -2.22. The van der Waals surface area contributed by atoms with Gasteiger partial charge in [-0.2, -0.15) is 0 Å². The number of carbonyl (C=O) groups is 2. The zero-order valence-electron chi connectivity index (χ0n) is 16.2. The highest BCUT2D eigenvalue weighted by Gasteiger charge is 2.26. The number of hydrogen-bond donors (Lipinski definition) is 2. The molecule has 0 spiro atoms. The smallest absolute Gasteiger partial charge is 0.408 e. The Kier molecular flexibility index (Phi) is 9.08. The monoisotopic (exact) mass is 370 g/mol. The molecule has 0 saturated heterocycles. The molecule has 1 rings (SSSR count). The molecule has 1 heterocycles. The molecule has 148 valence electrons. The number of nitrogens with zero attached hydrogens (tertiary/aromatic N) is 2. The van der Waals surface area contributed by atoms with Gasteiger partial charge in [0.15, 0.2) is 0 Å². The molecule has 9 nitrogen and oxygen atoms in total. The lowest BCUT2D eigenvalue weighted by Crippen LogP contribution is -2.45. The highest BCUT2D eigenvalue weighted by molar-refractivity contribution is 5.81. The number of imidazole rings is 1. The minimum absolute atomic E-state index is 0.113. The maximum Gasteiger partial charge on any atom is 0.408 e. The molecule has 1 aromatic rings. The Hall–Kier alpha value is -2.13. The molecule has 0 bridgehead atoms. The number of likely N-dealkylation sites (N-methyl/N-ethyl adjacent to an activating group) is 1. The molecule has 26 heavy (non-hydrogen) atoms. The van der Waals surface area contributed by atoms with Crippen LogP contribution in [0.1, 0.15) is 26.5 Å². The minimum Gasteiger partial charge on any atom is -0.462 e. The van der Waals surface area contributed by atoms with Crippen LogP contribution in [0.15, 0.2) is 12.5 Å². The molecule has 1 amide bonds. The van der Waals surface area contributed by atoms with Gasteiger partial charge in [-0.15, -0.1) is 0 Å². The topological polar surface area (TPSA) is 106 Å². The van der Waals surface area contributed by atoms with E-state index in [0.717, 1.165) is 6.54 Å². The fraction of sp³-hybridized carbons (Fsp3) is 0.706. The van der Waals surface area contributed by atoms with E-state index in [4.69, 9.17) is 14.2 Å². The van der Waals surface area contributed by atoms with Crippen LogP contribution in [0.25, 0.3) is 0 Å². The average Bonchev–Trinajstić information content (AvgIpc) is 3.00. The number of carbonyl (C=O) groups excluding carboxylic acids is 2. The predicted molar refractivity (Wildman–Crippen MR) is 95.8 cm³/mol. The van der Waals surface area contributed by atoms with Gasteiger partial charge in [-0.3, -0.25) is 0 Å². The molecule has 0 aromatic carbocycles. The van der Waals surface area contributed by atoms with Crippen molar-refractivity contribution >= 4 is 12.1 Å². The van der Waals surface area contributed by atoms with Gasteiger partial charge in [0.1, 0.15) is 18.2 Å². The summed E-state index contributed by atoms with van der Waals surface area (Å²) in [5, 5.41) is 2.55. The predicted octanol–water partition coefficient (Wildman–Crippen LogP) is 0.967. The summed E-state index contributed by atoms with van der Waals surface area (Å²) in [4.78, 5) is 33.1. The molecule has 0 aliphatic carbocycles. The molecular weight excluding hydrogens is 340 g/mol. The van der Waals surface area contributed by atoms with Crippen LogP contribution >= 0.6 is 0 Å². The Balaban J connectivity index is 2.49. The Labute approximate surface area is 154 Å². The van der Waals surface area contributed by atoms with Crippen LogP contribution in [0.5, 0.6) is 0 Å². The largest absolute Gasteiger partial charge is 0.462 e. The molecule has 1 atom stereocenters. The molecule has 0 aliphatic heterocycles. The Morgan fingerprint density at radius 3 is 2.58 bits per heavy atom. The van der Waals surface area contributed by atoms with Crippen LogP contribution in [-0.2, 0) is 25.4 Å². The molecule has 1 aromatic heterocycles. The lowest BCUT2D eigenvalue weighted by molar-refractivity contribution is -0.147. The number of amides is 1. The van der Waals surface area contributed by atoms with E-state index in [9.17, 15) is 9.59 Å². The first-order valence-electron chi connectivity index (χ1n) is 8.53. The van der Waals surface area contributed by atoms with Crippen molar-refractivity contribution < 1.29 is 23.8 Å². The highest BCUT2D eigenvalue weighted by atomic mass is 16.6. The molecule has 0 radical (unpaired) electrons. The van der Waals surface area contributed by atoms with Crippen LogP contribution in [0.2, 0.25) is 0 Å². The summed E-state index contributed by atoms with van der Waals surface area (Å²) < 4.78 is 15.8. The molecule has 9 heteroatoms. The third kappa shape index (κ3) is 10.00. The van der Waals surface area contributed by atoms with E-state index in [1.165, 1.54) is 6.33 Å². The maximum atomic E-state index is 12.3. The van der Waals surface area contributed by atoms with Gasteiger partial charge in [0.05, 0.1) is 19.5 Å². The normalized spacial score (nSPS) is 12.7. The van der Waals surface area contributed by atoms with Crippen molar-refractivity contribution in [2.75, 3.05) is 40.5 Å². The summed E-state index contributed by atoms with van der Waals surface area (Å²) in [6.45, 7) is 7.00. The van der Waals surface area contributed by atoms with Crippen molar-refractivity contribution in [3.05, 3.63) is 18.2 Å². The maximum absolute atomic E-state index is 12.3. The standard InChI is InChI=1S/C17H30N4O5/c1-17(2,3)26-16(23)20-14(10-13-11-18-12-19-13)15(22)25-9-8-24-7-6-21(4)5/h11-12,14H,6-10H2,1-5H3,(H,18,19)(H,20,23). The van der Waals surface area contributed by atoms with E-state index < -0.39 is 23.7 Å². The van der Waals surface area contributed by atoms with Crippen molar-refractivity contribution in [2.45, 2.75) is 38.8 Å². The van der Waals surface area contributed by atoms with Crippen molar-refractivity contribution in [3.63, 3.8) is 0 Å². The van der Waals surface area contributed by atoms with Gasteiger partial charge in [-0.05, 0) is 34.9 Å². The number of alkyl carbamates (subject to hydrolysis) is 1. The van der Waals surface area contributed by atoms with Gasteiger partial charge in [0, 0.05) is 24.9 Å². The van der Waals surface area contributed by atoms with Crippen LogP contribution in [0.4, 0.5) is 4.79 Å². The SMILES string of the molecule is CN(C)CCOCCOC(=O)C(Cc1cnc[nH]1)NC(=O)OC(C)(C)C. The first kappa shape index (κ1) is 21.9. The number of ether oxygens (including phenoxy) is 3. The second-order valence-corrected chi connectivity index (χ2v) is 7.06. The fourth-order valence-electron chi connectivity index (χ4n) is 1.91. The zero-order chi connectivity index (χ0) is 19.6. The number of H-pyrrole nitrogens is 1. The van der Waals surface area contributed by atoms with Gasteiger partial charge in [-0.1, -0.05) is 0 Å². The number of esters is 1. The fourth-order valence-corrected chi connectivity index (χ4v) is 1.91. The summed E-state index contributed by atoms with van der Waals surface area (Å²) in [5.74, 6) is -0.554. The Morgan fingerprint density at radius 1 is 1.27 bits per heavy atom. The van der Waals surface area contributed by atoms with E-state index in [1.807, 2.05) is 19.0 Å². The quantitative estimate of drug-likeness (QED) is 0.467. The molecular formula is C17H30N4O5. The molecule has 0 fully saturated rings. The lowest BCUT2D eigenvalue weighted by atomic mass is 10.1. The van der Waals surface area contributed by atoms with E-state index >= 15 is 0 Å². The van der Waals surface area contributed by atoms with E-state index in [1.54, 1.807) is 27.0 Å². The van der Waals surface area contributed by atoms with E-state index in [-0.39, 0.29) is 13.0 Å². The van der Waals surface area contributed by atoms with Gasteiger partial charge >= 0.3 is 12.1 Å². The zero-order valence-corrected chi connectivity index (χ0v) is 16.2. The number of aromatic amines is 1. The first-order valence-corrected chi connectivity index (χ1v) is 8.53. The van der Waals surface area contributed by atoms with Crippen molar-refractivity contribution in [2.24, 2.45) is 0 Å². The van der Waals surface area contributed by atoms with Crippen molar-refractivity contribution in [1.82, 2.24) is 20.2 Å². The van der Waals surface area contributed by atoms with E-state index in [2.05, 4.69) is 15.3 Å². The summed E-state index contributed by atoms with van der Waals surface area (Å²) in [5.41, 5.74) is 0.0394. The van der Waals surface area contributed by atoms with Crippen molar-refractivity contribution in [1.29, 1.82) is 0 Å². The number of rotatable bonds is 10. The number of nitrogens with one attached hydrogen (secondary N) is 2. The summed E-state index contributed by atoms with van der Waals surface area (Å²) in [6.07, 6.45) is 2.63. The summed E-state index contributed by atoms with van der Waals surface area (Å²) in [6, 6.07) is -0.882. The average molecular weight is 370 g/mol. The number of aromatic nitrogens is 2. The molecule has 0 saturated carbocycles. The molecule has 2 N–H and O–H groups in total. The highest BCUT2D eigenvalue weighted by Crippen LogP contribution is 2.08. The van der Waals surface area contributed by atoms with Crippen LogP contribution in [-0.4, -0.2) is 79.0 Å². The van der Waals surface area contributed by atoms with Crippen LogP contribution in [0, 0.1) is 0 Å². The molecule has 0 aliphatic rings. The van der Waals surface area contributed by atoms with Gasteiger partial charge in [0.2, 0.25) is 0 Å². The Morgan fingerprint density at radius 2 is 2.00 bits per heavy atom. The second kappa shape index (κ2) is 10.8. The second-order valence-electron chi connectivity index (χ2n) is 7.06. The first-order chi connectivity index (χ1) is 12.2. The van der Waals surface area contributed by atoms with Gasteiger partial charge in [-0.25, -0.2) is 14.6 Å².